The second-order valence-corrected chi connectivity index (χ2v) is 6.47. The predicted molar refractivity (Wildman–Crippen MR) is 78.4 cm³/mol. The van der Waals surface area contributed by atoms with E-state index in [0.717, 1.165) is 17.3 Å². The number of anilines is 1. The third kappa shape index (κ3) is 1.76. The van der Waals surface area contributed by atoms with Gasteiger partial charge in [-0.2, -0.15) is 0 Å². The molecule has 1 unspecified atom stereocenters. The van der Waals surface area contributed by atoms with Gasteiger partial charge in [0, 0.05) is 23.5 Å². The maximum Gasteiger partial charge on any atom is 0.264 e. The highest BCUT2D eigenvalue weighted by Crippen LogP contribution is 2.47. The first kappa shape index (κ1) is 13.8. The Balaban J connectivity index is 2.14. The molecule has 0 spiro atoms. The molecule has 0 aromatic heterocycles. The molecule has 1 aliphatic heterocycles. The fourth-order valence-corrected chi connectivity index (χ4v) is 3.70. The normalized spacial score (nSPS) is 29.8. The highest BCUT2D eigenvalue weighted by molar-refractivity contribution is 9.10. The zero-order valence-corrected chi connectivity index (χ0v) is 12.8. The number of benzene rings is 1. The van der Waals surface area contributed by atoms with Crippen LogP contribution in [0.1, 0.15) is 31.2 Å². The van der Waals surface area contributed by atoms with Crippen molar-refractivity contribution in [3.05, 3.63) is 28.2 Å². The molecule has 20 heavy (non-hydrogen) atoms. The van der Waals surface area contributed by atoms with Gasteiger partial charge in [-0.25, -0.2) is 0 Å². The van der Waals surface area contributed by atoms with Gasteiger partial charge in [0.1, 0.15) is 5.78 Å². The third-order valence-corrected chi connectivity index (χ3v) is 4.91. The number of ketones is 1. The molecular formula is C15H16BrNO3. The average Bonchev–Trinajstić information content (AvgIpc) is 2.62. The first-order valence-electron chi connectivity index (χ1n) is 6.79. The maximum absolute atomic E-state index is 12.5. The molecule has 1 amide bonds. The fraction of sp³-hybridized carbons (Fsp3) is 0.467. The van der Waals surface area contributed by atoms with E-state index >= 15 is 0 Å². The van der Waals surface area contributed by atoms with E-state index in [-0.39, 0.29) is 5.78 Å². The zero-order valence-electron chi connectivity index (χ0n) is 11.2. The molecule has 2 atom stereocenters. The number of fused-ring (bicyclic) bond motifs is 1. The van der Waals surface area contributed by atoms with Gasteiger partial charge < -0.3 is 10.0 Å². The summed E-state index contributed by atoms with van der Waals surface area (Å²) in [6, 6.07) is 5.34. The van der Waals surface area contributed by atoms with E-state index in [1.165, 1.54) is 4.90 Å². The molecule has 1 fully saturated rings. The summed E-state index contributed by atoms with van der Waals surface area (Å²) in [5.74, 6) is -1.02. The number of hydrogen-bond acceptors (Lipinski definition) is 3. The van der Waals surface area contributed by atoms with Crippen LogP contribution < -0.4 is 4.90 Å². The van der Waals surface area contributed by atoms with Crippen LogP contribution >= 0.6 is 15.9 Å². The molecule has 0 saturated heterocycles. The first-order chi connectivity index (χ1) is 9.46. The number of carbonyl (C=O) groups excluding carboxylic acids is 2. The van der Waals surface area contributed by atoms with Crippen LogP contribution in [0.3, 0.4) is 0 Å². The van der Waals surface area contributed by atoms with E-state index < -0.39 is 17.4 Å². The summed E-state index contributed by atoms with van der Waals surface area (Å²) < 4.78 is 0.843. The van der Waals surface area contributed by atoms with Gasteiger partial charge in [0.2, 0.25) is 0 Å². The van der Waals surface area contributed by atoms with Crippen molar-refractivity contribution in [3.63, 3.8) is 0 Å². The molecule has 1 aliphatic carbocycles. The van der Waals surface area contributed by atoms with Gasteiger partial charge in [-0.05, 0) is 25.0 Å². The molecule has 1 heterocycles. The zero-order chi connectivity index (χ0) is 14.5. The van der Waals surface area contributed by atoms with Crippen LogP contribution in [0, 0.1) is 5.92 Å². The van der Waals surface area contributed by atoms with Gasteiger partial charge in [0.25, 0.3) is 5.91 Å². The molecule has 1 aromatic carbocycles. The summed E-state index contributed by atoms with van der Waals surface area (Å²) in [4.78, 5) is 26.2. The predicted octanol–water partition coefficient (Wildman–Crippen LogP) is 2.37. The molecule has 0 bridgehead atoms. The average molecular weight is 338 g/mol. The number of halogens is 1. The summed E-state index contributed by atoms with van der Waals surface area (Å²) in [6.07, 6.45) is 2.75. The molecule has 106 valence electrons. The van der Waals surface area contributed by atoms with Crippen molar-refractivity contribution in [3.8, 4) is 0 Å². The molecule has 1 N–H and O–H groups in total. The van der Waals surface area contributed by atoms with E-state index in [9.17, 15) is 14.7 Å². The lowest BCUT2D eigenvalue weighted by Gasteiger charge is -2.33. The Morgan fingerprint density at radius 1 is 1.35 bits per heavy atom. The van der Waals surface area contributed by atoms with Gasteiger partial charge >= 0.3 is 0 Å². The van der Waals surface area contributed by atoms with Crippen LogP contribution in [-0.2, 0) is 15.2 Å². The molecular weight excluding hydrogens is 322 g/mol. The highest BCUT2D eigenvalue weighted by Gasteiger charge is 2.55. The topological polar surface area (TPSA) is 57.6 Å². The Hall–Kier alpha value is -1.20. The molecule has 2 aliphatic rings. The minimum atomic E-state index is -1.69. The van der Waals surface area contributed by atoms with Crippen LogP contribution in [0.2, 0.25) is 0 Å². The van der Waals surface area contributed by atoms with E-state index in [1.54, 1.807) is 25.2 Å². The van der Waals surface area contributed by atoms with Crippen molar-refractivity contribution in [2.45, 2.75) is 31.3 Å². The number of nitrogens with zero attached hydrogens (tertiary/aromatic N) is 1. The summed E-state index contributed by atoms with van der Waals surface area (Å²) in [6.45, 7) is 0. The maximum atomic E-state index is 12.5. The SMILES string of the molecule is CN1C(=O)[C@](O)(C2CCCCC2=O)c2ccc(Br)cc21. The highest BCUT2D eigenvalue weighted by atomic mass is 79.9. The Labute approximate surface area is 125 Å². The lowest BCUT2D eigenvalue weighted by Crippen LogP contribution is -2.48. The standard InChI is InChI=1S/C15H16BrNO3/c1-17-12-8-9(16)6-7-10(12)15(20,14(17)19)11-4-2-3-5-13(11)18/h6-8,11,20H,2-5H2,1H3/t11?,15-/m1/s1. The number of aliphatic hydroxyl groups is 1. The van der Waals surface area contributed by atoms with E-state index in [0.29, 0.717) is 24.1 Å². The number of hydrogen-bond donors (Lipinski definition) is 1. The minimum absolute atomic E-state index is 0.00345. The van der Waals surface area contributed by atoms with Crippen molar-refractivity contribution in [2.24, 2.45) is 5.92 Å². The summed E-state index contributed by atoms with van der Waals surface area (Å²) in [5, 5.41) is 11.0. The molecule has 5 heteroatoms. The number of amides is 1. The lowest BCUT2D eigenvalue weighted by atomic mass is 9.73. The Kier molecular flexibility index (Phi) is 3.21. The number of rotatable bonds is 1. The van der Waals surface area contributed by atoms with Crippen molar-refractivity contribution in [1.82, 2.24) is 0 Å². The van der Waals surface area contributed by atoms with Crippen LogP contribution in [-0.4, -0.2) is 23.8 Å². The third-order valence-electron chi connectivity index (χ3n) is 4.42. The first-order valence-corrected chi connectivity index (χ1v) is 7.59. The summed E-state index contributed by atoms with van der Waals surface area (Å²) in [7, 11) is 1.64. The van der Waals surface area contributed by atoms with Gasteiger partial charge in [-0.1, -0.05) is 28.4 Å². The van der Waals surface area contributed by atoms with E-state index in [2.05, 4.69) is 15.9 Å². The van der Waals surface area contributed by atoms with E-state index in [4.69, 9.17) is 0 Å². The molecule has 0 radical (unpaired) electrons. The second kappa shape index (κ2) is 4.67. The van der Waals surface area contributed by atoms with Gasteiger partial charge in [-0.3, -0.25) is 9.59 Å². The van der Waals surface area contributed by atoms with Crippen molar-refractivity contribution in [2.75, 3.05) is 11.9 Å². The van der Waals surface area contributed by atoms with Crippen LogP contribution in [0.15, 0.2) is 22.7 Å². The van der Waals surface area contributed by atoms with Crippen molar-refractivity contribution < 1.29 is 14.7 Å². The van der Waals surface area contributed by atoms with Crippen molar-refractivity contribution in [1.29, 1.82) is 0 Å². The smallest absolute Gasteiger partial charge is 0.264 e. The molecule has 3 rings (SSSR count). The Morgan fingerprint density at radius 3 is 2.80 bits per heavy atom. The van der Waals surface area contributed by atoms with Gasteiger partial charge in [0.15, 0.2) is 5.60 Å². The van der Waals surface area contributed by atoms with Crippen LogP contribution in [0.4, 0.5) is 5.69 Å². The van der Waals surface area contributed by atoms with Crippen LogP contribution in [0.5, 0.6) is 0 Å². The monoisotopic (exact) mass is 337 g/mol. The van der Waals surface area contributed by atoms with Crippen LogP contribution in [0.25, 0.3) is 0 Å². The summed E-state index contributed by atoms with van der Waals surface area (Å²) >= 11 is 3.37. The van der Waals surface area contributed by atoms with Crippen molar-refractivity contribution >= 4 is 33.3 Å². The lowest BCUT2D eigenvalue weighted by molar-refractivity contribution is -0.151. The molecule has 1 aromatic rings. The Bertz CT molecular complexity index is 601. The Morgan fingerprint density at radius 2 is 2.10 bits per heavy atom. The largest absolute Gasteiger partial charge is 0.375 e. The van der Waals surface area contributed by atoms with Gasteiger partial charge in [-0.15, -0.1) is 0 Å². The molecule has 1 saturated carbocycles. The second-order valence-electron chi connectivity index (χ2n) is 5.56. The number of carbonyl (C=O) groups is 2. The van der Waals surface area contributed by atoms with Gasteiger partial charge in [0.05, 0.1) is 11.6 Å². The molecule has 4 nitrogen and oxygen atoms in total. The fourth-order valence-electron chi connectivity index (χ4n) is 3.35. The minimum Gasteiger partial charge on any atom is -0.375 e. The number of likely N-dealkylation sites (N-methyl/N-ethyl adjacent to an activating group) is 1. The summed E-state index contributed by atoms with van der Waals surface area (Å²) in [5.41, 5.74) is -0.471. The number of Topliss-reactive ketones (excluding diaryl/α,β-unsaturated/α-hetero) is 1. The quantitative estimate of drug-likeness (QED) is 0.855. The van der Waals surface area contributed by atoms with E-state index in [1.807, 2.05) is 0 Å².